The molecule has 7 heteroatoms. The number of halogens is 1. The van der Waals surface area contributed by atoms with Crippen LogP contribution in [0.1, 0.15) is 15.9 Å². The molecule has 2 aromatic rings. The summed E-state index contributed by atoms with van der Waals surface area (Å²) in [6, 6.07) is 5.43. The lowest BCUT2D eigenvalue weighted by Gasteiger charge is -2.25. The van der Waals surface area contributed by atoms with Crippen molar-refractivity contribution in [2.45, 2.75) is 18.7 Å². The Kier molecular flexibility index (Phi) is 3.86. The van der Waals surface area contributed by atoms with Gasteiger partial charge in [0.1, 0.15) is 11.7 Å². The second-order valence-electron chi connectivity index (χ2n) is 6.16. The molecular weight excluding hydrogens is 328 g/mol. The number of fused-ring (bicyclic) bond motifs is 2. The van der Waals surface area contributed by atoms with Gasteiger partial charge in [-0.15, -0.1) is 0 Å². The molecule has 1 saturated heterocycles. The van der Waals surface area contributed by atoms with Crippen molar-refractivity contribution in [3.8, 4) is 5.88 Å². The minimum Gasteiger partial charge on any atom is -0.470 e. The van der Waals surface area contributed by atoms with Crippen molar-refractivity contribution in [2.75, 3.05) is 20.1 Å². The van der Waals surface area contributed by atoms with Crippen LogP contribution in [-0.4, -0.2) is 58.0 Å². The summed E-state index contributed by atoms with van der Waals surface area (Å²) in [7, 11) is 1.83. The number of likely N-dealkylation sites (tertiary alicyclic amines) is 1. The van der Waals surface area contributed by atoms with E-state index in [1.807, 2.05) is 13.1 Å². The molecule has 0 aromatic carbocycles. The van der Waals surface area contributed by atoms with E-state index in [4.69, 9.17) is 16.3 Å². The Bertz CT molecular complexity index is 785. The molecule has 1 fully saturated rings. The number of carbonyl (C=O) groups is 1. The molecule has 0 aliphatic carbocycles. The molecule has 0 unspecified atom stereocenters. The number of likely N-dealkylation sites (N-methyl/N-ethyl adjacent to an activating group) is 1. The second kappa shape index (κ2) is 6.03. The van der Waals surface area contributed by atoms with Crippen molar-refractivity contribution in [3.63, 3.8) is 0 Å². The maximum absolute atomic E-state index is 12.7. The van der Waals surface area contributed by atoms with E-state index >= 15 is 0 Å². The van der Waals surface area contributed by atoms with Crippen LogP contribution in [0.2, 0.25) is 5.02 Å². The SMILES string of the molecule is CN1C(=O)c2cccnc2O[C@H]2CN(Cc3ccncc3Cl)C[C@H]21. The number of aromatic nitrogens is 2. The largest absolute Gasteiger partial charge is 0.470 e. The van der Waals surface area contributed by atoms with Crippen LogP contribution in [0, 0.1) is 0 Å². The molecule has 6 nitrogen and oxygen atoms in total. The fraction of sp³-hybridized carbons (Fsp3) is 0.353. The fourth-order valence-electron chi connectivity index (χ4n) is 3.35. The first kappa shape index (κ1) is 15.4. The van der Waals surface area contributed by atoms with Gasteiger partial charge in [-0.1, -0.05) is 11.6 Å². The second-order valence-corrected chi connectivity index (χ2v) is 6.56. The number of rotatable bonds is 2. The first-order chi connectivity index (χ1) is 11.6. The molecule has 2 aliphatic heterocycles. The van der Waals surface area contributed by atoms with Crippen molar-refractivity contribution in [1.82, 2.24) is 19.8 Å². The maximum Gasteiger partial charge on any atom is 0.259 e. The van der Waals surface area contributed by atoms with Crippen molar-refractivity contribution in [1.29, 1.82) is 0 Å². The van der Waals surface area contributed by atoms with Crippen LogP contribution in [0.4, 0.5) is 0 Å². The number of ether oxygens (including phenoxy) is 1. The van der Waals surface area contributed by atoms with E-state index < -0.39 is 0 Å². The molecule has 0 spiro atoms. The minimum absolute atomic E-state index is 0.00712. The van der Waals surface area contributed by atoms with Crippen molar-refractivity contribution >= 4 is 17.5 Å². The average molecular weight is 345 g/mol. The van der Waals surface area contributed by atoms with Gasteiger partial charge in [-0.05, 0) is 23.8 Å². The summed E-state index contributed by atoms with van der Waals surface area (Å²) in [6.45, 7) is 2.16. The molecule has 24 heavy (non-hydrogen) atoms. The highest BCUT2D eigenvalue weighted by Gasteiger charge is 2.42. The topological polar surface area (TPSA) is 58.6 Å². The van der Waals surface area contributed by atoms with Gasteiger partial charge < -0.3 is 9.64 Å². The Balaban J connectivity index is 1.57. The van der Waals surface area contributed by atoms with Gasteiger partial charge >= 0.3 is 0 Å². The summed E-state index contributed by atoms with van der Waals surface area (Å²) < 4.78 is 6.06. The van der Waals surface area contributed by atoms with E-state index in [9.17, 15) is 4.79 Å². The van der Waals surface area contributed by atoms with Crippen molar-refractivity contribution in [2.24, 2.45) is 0 Å². The predicted molar refractivity (Wildman–Crippen MR) is 89.1 cm³/mol. The first-order valence-corrected chi connectivity index (χ1v) is 8.21. The fourth-order valence-corrected chi connectivity index (χ4v) is 3.53. The number of amides is 1. The smallest absolute Gasteiger partial charge is 0.259 e. The van der Waals surface area contributed by atoms with Gasteiger partial charge in [0.15, 0.2) is 0 Å². The standard InChI is InChI=1S/C17H17ClN4O2/c1-21-14-9-22(8-11-4-6-19-7-13(11)18)10-15(14)24-16-12(17(21)23)3-2-5-20-16/h2-7,14-15H,8-10H2,1H3/t14-,15+/m1/s1. The highest BCUT2D eigenvalue weighted by atomic mass is 35.5. The Morgan fingerprint density at radius 1 is 1.33 bits per heavy atom. The van der Waals surface area contributed by atoms with Crippen LogP contribution in [-0.2, 0) is 6.54 Å². The predicted octanol–water partition coefficient (Wildman–Crippen LogP) is 1.85. The zero-order valence-corrected chi connectivity index (χ0v) is 14.0. The third-order valence-electron chi connectivity index (χ3n) is 4.65. The third kappa shape index (κ3) is 2.61. The lowest BCUT2D eigenvalue weighted by atomic mass is 10.2. The summed E-state index contributed by atoms with van der Waals surface area (Å²) in [5, 5.41) is 0.655. The lowest BCUT2D eigenvalue weighted by molar-refractivity contribution is 0.0680. The lowest BCUT2D eigenvalue weighted by Crippen LogP contribution is -2.44. The summed E-state index contributed by atoms with van der Waals surface area (Å²) in [4.78, 5) is 24.9. The van der Waals surface area contributed by atoms with Crippen LogP contribution in [0.15, 0.2) is 36.8 Å². The monoisotopic (exact) mass is 344 g/mol. The molecule has 2 aliphatic rings. The average Bonchev–Trinajstić information content (AvgIpc) is 2.94. The van der Waals surface area contributed by atoms with Gasteiger partial charge in [0.2, 0.25) is 5.88 Å². The van der Waals surface area contributed by atoms with E-state index in [1.165, 1.54) is 0 Å². The van der Waals surface area contributed by atoms with E-state index in [0.717, 1.165) is 18.7 Å². The molecule has 2 aromatic heterocycles. The summed E-state index contributed by atoms with van der Waals surface area (Å²) >= 11 is 6.21. The Labute approximate surface area is 145 Å². The number of carbonyl (C=O) groups excluding carboxylic acids is 1. The van der Waals surface area contributed by atoms with Gasteiger partial charge in [0.05, 0.1) is 11.1 Å². The van der Waals surface area contributed by atoms with Crippen LogP contribution >= 0.6 is 11.6 Å². The van der Waals surface area contributed by atoms with E-state index in [0.29, 0.717) is 23.0 Å². The van der Waals surface area contributed by atoms with Crippen LogP contribution < -0.4 is 4.74 Å². The van der Waals surface area contributed by atoms with Gasteiger partial charge in [-0.2, -0.15) is 0 Å². The molecule has 0 saturated carbocycles. The quantitative estimate of drug-likeness (QED) is 0.832. The number of pyridine rings is 2. The normalized spacial score (nSPS) is 23.4. The zero-order chi connectivity index (χ0) is 16.7. The van der Waals surface area contributed by atoms with Crippen LogP contribution in [0.25, 0.3) is 0 Å². The number of nitrogens with zero attached hydrogens (tertiary/aromatic N) is 4. The Hall–Kier alpha value is -2.18. The minimum atomic E-state index is -0.101. The van der Waals surface area contributed by atoms with E-state index in [-0.39, 0.29) is 18.1 Å². The number of hydrogen-bond donors (Lipinski definition) is 0. The van der Waals surface area contributed by atoms with Crippen molar-refractivity contribution in [3.05, 3.63) is 52.9 Å². The van der Waals surface area contributed by atoms with E-state index in [1.54, 1.807) is 35.6 Å². The molecule has 0 radical (unpaired) electrons. The highest BCUT2D eigenvalue weighted by molar-refractivity contribution is 6.31. The molecule has 4 heterocycles. The van der Waals surface area contributed by atoms with Gasteiger partial charge in [-0.3, -0.25) is 14.7 Å². The zero-order valence-electron chi connectivity index (χ0n) is 13.2. The van der Waals surface area contributed by atoms with Gasteiger partial charge in [-0.25, -0.2) is 4.98 Å². The Morgan fingerprint density at radius 2 is 2.21 bits per heavy atom. The Morgan fingerprint density at radius 3 is 3.04 bits per heavy atom. The molecule has 2 atom stereocenters. The molecule has 124 valence electrons. The summed E-state index contributed by atoms with van der Waals surface area (Å²) in [5.74, 6) is 0.375. The first-order valence-electron chi connectivity index (χ1n) is 7.83. The number of hydrogen-bond acceptors (Lipinski definition) is 5. The maximum atomic E-state index is 12.7. The molecule has 1 amide bonds. The molecular formula is C17H17ClN4O2. The molecule has 0 N–H and O–H groups in total. The van der Waals surface area contributed by atoms with Gasteiger partial charge in [0.25, 0.3) is 5.91 Å². The third-order valence-corrected chi connectivity index (χ3v) is 4.99. The highest BCUT2D eigenvalue weighted by Crippen LogP contribution is 2.30. The van der Waals surface area contributed by atoms with Crippen LogP contribution in [0.3, 0.4) is 0 Å². The van der Waals surface area contributed by atoms with Crippen LogP contribution in [0.5, 0.6) is 5.88 Å². The van der Waals surface area contributed by atoms with Gasteiger partial charge in [0, 0.05) is 45.3 Å². The summed E-state index contributed by atoms with van der Waals surface area (Å²) in [5.41, 5.74) is 1.55. The molecule has 4 rings (SSSR count). The summed E-state index contributed by atoms with van der Waals surface area (Å²) in [6.07, 6.45) is 4.94. The van der Waals surface area contributed by atoms with Crippen molar-refractivity contribution < 1.29 is 9.53 Å². The molecule has 0 bridgehead atoms. The van der Waals surface area contributed by atoms with E-state index in [2.05, 4.69) is 14.9 Å².